The Hall–Kier alpha value is -2.69. The number of hydrogen-bond donors (Lipinski definition) is 2. The van der Waals surface area contributed by atoms with E-state index in [9.17, 15) is 8.78 Å². The zero-order valence-corrected chi connectivity index (χ0v) is 11.3. The maximum atomic E-state index is 13.9. The van der Waals surface area contributed by atoms with Crippen LogP contribution in [0.15, 0.2) is 42.7 Å². The fourth-order valence-electron chi connectivity index (χ4n) is 2.21. The second-order valence-electron chi connectivity index (χ2n) is 4.83. The van der Waals surface area contributed by atoms with Crippen LogP contribution in [0.1, 0.15) is 5.56 Å². The molecule has 0 atom stereocenters. The van der Waals surface area contributed by atoms with Crippen molar-refractivity contribution in [1.82, 2.24) is 4.98 Å². The number of benzene rings is 2. The molecule has 0 aliphatic heterocycles. The van der Waals surface area contributed by atoms with Gasteiger partial charge in [-0.05, 0) is 36.8 Å². The van der Waals surface area contributed by atoms with Crippen molar-refractivity contribution >= 4 is 27.8 Å². The molecule has 0 spiro atoms. The summed E-state index contributed by atoms with van der Waals surface area (Å²) in [5.41, 5.74) is 7.47. The molecular formula is C16H13F2N3. The van der Waals surface area contributed by atoms with E-state index < -0.39 is 11.6 Å². The van der Waals surface area contributed by atoms with Gasteiger partial charge in [-0.25, -0.2) is 8.78 Å². The predicted octanol–water partition coefficient (Wildman–Crippen LogP) is 4.15. The average Bonchev–Trinajstić information content (AvgIpc) is 2.48. The van der Waals surface area contributed by atoms with E-state index in [2.05, 4.69) is 10.3 Å². The van der Waals surface area contributed by atoms with Crippen LogP contribution in [0.2, 0.25) is 0 Å². The molecule has 1 heterocycles. The van der Waals surface area contributed by atoms with Crippen LogP contribution >= 0.6 is 0 Å². The maximum absolute atomic E-state index is 13.9. The van der Waals surface area contributed by atoms with Crippen LogP contribution in [0.3, 0.4) is 0 Å². The van der Waals surface area contributed by atoms with Gasteiger partial charge in [0.1, 0.15) is 11.6 Å². The Morgan fingerprint density at radius 2 is 1.81 bits per heavy atom. The molecule has 0 unspecified atom stereocenters. The molecule has 0 saturated carbocycles. The van der Waals surface area contributed by atoms with E-state index in [-0.39, 0.29) is 11.3 Å². The summed E-state index contributed by atoms with van der Waals surface area (Å²) in [5.74, 6) is -0.973. The number of aryl methyl sites for hydroxylation is 1. The highest BCUT2D eigenvalue weighted by molar-refractivity contribution is 6.01. The molecule has 2 aromatic carbocycles. The predicted molar refractivity (Wildman–Crippen MR) is 80.5 cm³/mol. The van der Waals surface area contributed by atoms with Crippen molar-refractivity contribution in [3.05, 3.63) is 59.9 Å². The molecule has 0 aliphatic rings. The van der Waals surface area contributed by atoms with Crippen molar-refractivity contribution in [2.24, 2.45) is 0 Å². The van der Waals surface area contributed by atoms with E-state index >= 15 is 0 Å². The smallest absolute Gasteiger partial charge is 0.147 e. The number of nitrogen functional groups attached to an aromatic ring is 1. The first-order chi connectivity index (χ1) is 10.1. The molecule has 21 heavy (non-hydrogen) atoms. The number of hydrogen-bond acceptors (Lipinski definition) is 3. The first-order valence-electron chi connectivity index (χ1n) is 6.41. The van der Waals surface area contributed by atoms with Crippen LogP contribution in [-0.2, 0) is 0 Å². The molecule has 1 aromatic heterocycles. The van der Waals surface area contributed by atoms with Crippen LogP contribution in [0.5, 0.6) is 0 Å². The molecule has 0 aliphatic carbocycles. The SMILES string of the molecule is Cc1cc(F)c(Nc2ccc(N)c3ccncc23)cc1F. The minimum absolute atomic E-state index is 0.0769. The highest BCUT2D eigenvalue weighted by Crippen LogP contribution is 2.31. The molecule has 0 fully saturated rings. The van der Waals surface area contributed by atoms with Crippen molar-refractivity contribution in [3.8, 4) is 0 Å². The summed E-state index contributed by atoms with van der Waals surface area (Å²) in [6.45, 7) is 1.52. The zero-order chi connectivity index (χ0) is 15.0. The Kier molecular flexibility index (Phi) is 3.17. The molecule has 5 heteroatoms. The van der Waals surface area contributed by atoms with Gasteiger partial charge in [-0.1, -0.05) is 0 Å². The molecule has 3 nitrogen and oxygen atoms in total. The van der Waals surface area contributed by atoms with Crippen molar-refractivity contribution in [1.29, 1.82) is 0 Å². The molecule has 0 bridgehead atoms. The van der Waals surface area contributed by atoms with Crippen molar-refractivity contribution < 1.29 is 8.78 Å². The van der Waals surface area contributed by atoms with Crippen LogP contribution < -0.4 is 11.1 Å². The van der Waals surface area contributed by atoms with E-state index in [1.165, 1.54) is 6.92 Å². The minimum atomic E-state index is -0.511. The second kappa shape index (κ2) is 5.01. The minimum Gasteiger partial charge on any atom is -0.398 e. The normalized spacial score (nSPS) is 10.8. The number of nitrogens with one attached hydrogen (secondary N) is 1. The van der Waals surface area contributed by atoms with Gasteiger partial charge in [0, 0.05) is 40.6 Å². The molecule has 3 aromatic rings. The maximum Gasteiger partial charge on any atom is 0.147 e. The summed E-state index contributed by atoms with van der Waals surface area (Å²) in [6, 6.07) is 7.52. The molecule has 0 saturated heterocycles. The summed E-state index contributed by atoms with van der Waals surface area (Å²) in [4.78, 5) is 4.05. The fraction of sp³-hybridized carbons (Fsp3) is 0.0625. The quantitative estimate of drug-likeness (QED) is 0.695. The van der Waals surface area contributed by atoms with Crippen molar-refractivity contribution in [2.75, 3.05) is 11.1 Å². The summed E-state index contributed by atoms with van der Waals surface area (Å²) >= 11 is 0. The lowest BCUT2D eigenvalue weighted by molar-refractivity contribution is 0.596. The van der Waals surface area contributed by atoms with E-state index in [0.29, 0.717) is 11.4 Å². The van der Waals surface area contributed by atoms with Gasteiger partial charge >= 0.3 is 0 Å². The van der Waals surface area contributed by atoms with Crippen molar-refractivity contribution in [3.63, 3.8) is 0 Å². The summed E-state index contributed by atoms with van der Waals surface area (Å²) in [5, 5.41) is 4.46. The fourth-order valence-corrected chi connectivity index (χ4v) is 2.21. The average molecular weight is 285 g/mol. The lowest BCUT2D eigenvalue weighted by Gasteiger charge is -2.12. The number of nitrogens with two attached hydrogens (primary N) is 1. The lowest BCUT2D eigenvalue weighted by atomic mass is 10.1. The van der Waals surface area contributed by atoms with Crippen molar-refractivity contribution in [2.45, 2.75) is 6.92 Å². The number of aromatic nitrogens is 1. The van der Waals surface area contributed by atoms with Gasteiger partial charge < -0.3 is 11.1 Å². The number of halogens is 2. The molecule has 3 N–H and O–H groups in total. The van der Waals surface area contributed by atoms with E-state index in [0.717, 1.165) is 22.9 Å². The van der Waals surface area contributed by atoms with Gasteiger partial charge in [-0.15, -0.1) is 0 Å². The zero-order valence-electron chi connectivity index (χ0n) is 11.3. The molecule has 3 rings (SSSR count). The Balaban J connectivity index is 2.11. The first-order valence-corrected chi connectivity index (χ1v) is 6.41. The third-order valence-electron chi connectivity index (χ3n) is 3.37. The van der Waals surface area contributed by atoms with Gasteiger partial charge in [-0.2, -0.15) is 0 Å². The monoisotopic (exact) mass is 285 g/mol. The number of nitrogens with zero attached hydrogens (tertiary/aromatic N) is 1. The Morgan fingerprint density at radius 1 is 1.00 bits per heavy atom. The number of rotatable bonds is 2. The van der Waals surface area contributed by atoms with Gasteiger partial charge in [0.05, 0.1) is 5.69 Å². The van der Waals surface area contributed by atoms with E-state index in [1.54, 1.807) is 30.6 Å². The summed E-state index contributed by atoms with van der Waals surface area (Å²) < 4.78 is 27.5. The Bertz CT molecular complexity index is 831. The van der Waals surface area contributed by atoms with Gasteiger partial charge in [-0.3, -0.25) is 4.98 Å². The topological polar surface area (TPSA) is 50.9 Å². The summed E-state index contributed by atoms with van der Waals surface area (Å²) in [6.07, 6.45) is 3.27. The Morgan fingerprint density at radius 3 is 2.62 bits per heavy atom. The van der Waals surface area contributed by atoms with Gasteiger partial charge in [0.2, 0.25) is 0 Å². The number of pyridine rings is 1. The van der Waals surface area contributed by atoms with Crippen LogP contribution in [0, 0.1) is 18.6 Å². The molecule has 0 radical (unpaired) electrons. The van der Waals surface area contributed by atoms with Crippen LogP contribution in [0.4, 0.5) is 25.8 Å². The number of fused-ring (bicyclic) bond motifs is 1. The first kappa shape index (κ1) is 13.3. The third-order valence-corrected chi connectivity index (χ3v) is 3.37. The summed E-state index contributed by atoms with van der Waals surface area (Å²) in [7, 11) is 0. The molecular weight excluding hydrogens is 272 g/mol. The standard InChI is InChI=1S/C16H13F2N3/c1-9-6-13(18)16(7-12(9)17)21-15-3-2-14(19)10-4-5-20-8-11(10)15/h2-8,21H,19H2,1H3. The second-order valence-corrected chi connectivity index (χ2v) is 4.83. The van der Waals surface area contributed by atoms with Gasteiger partial charge in [0.25, 0.3) is 0 Å². The Labute approximate surface area is 120 Å². The van der Waals surface area contributed by atoms with E-state index in [4.69, 9.17) is 5.73 Å². The number of anilines is 3. The highest BCUT2D eigenvalue weighted by Gasteiger charge is 2.10. The van der Waals surface area contributed by atoms with Crippen LogP contribution in [-0.4, -0.2) is 4.98 Å². The van der Waals surface area contributed by atoms with Gasteiger partial charge in [0.15, 0.2) is 0 Å². The largest absolute Gasteiger partial charge is 0.398 e. The van der Waals surface area contributed by atoms with Crippen LogP contribution in [0.25, 0.3) is 10.8 Å². The highest BCUT2D eigenvalue weighted by atomic mass is 19.1. The lowest BCUT2D eigenvalue weighted by Crippen LogP contribution is -1.98. The van der Waals surface area contributed by atoms with E-state index in [1.807, 2.05) is 0 Å². The third kappa shape index (κ3) is 2.38. The molecule has 106 valence electrons. The molecule has 0 amide bonds.